The summed E-state index contributed by atoms with van der Waals surface area (Å²) < 4.78 is 5.70. The number of hydrogen-bond donors (Lipinski definition) is 1. The van der Waals surface area contributed by atoms with Crippen LogP contribution in [0.15, 0.2) is 24.3 Å². The van der Waals surface area contributed by atoms with Crippen LogP contribution in [0.25, 0.3) is 0 Å². The van der Waals surface area contributed by atoms with E-state index in [2.05, 4.69) is 5.32 Å². The molecule has 2 rings (SSSR count). The molecule has 1 aliphatic heterocycles. The van der Waals surface area contributed by atoms with Crippen LogP contribution in [0.3, 0.4) is 0 Å². The molecule has 5 nitrogen and oxygen atoms in total. The molecule has 0 aliphatic carbocycles. The molecule has 0 radical (unpaired) electrons. The fourth-order valence-corrected chi connectivity index (χ4v) is 3.19. The molecule has 144 valence electrons. The molecule has 0 unspecified atom stereocenters. The number of nitrogens with zero attached hydrogens (tertiary/aromatic N) is 1. The second-order valence-corrected chi connectivity index (χ2v) is 7.44. The number of nitrogens with one attached hydrogen (secondary N) is 1. The molecule has 1 aliphatic rings. The Morgan fingerprint density at radius 3 is 2.62 bits per heavy atom. The van der Waals surface area contributed by atoms with Crippen molar-refractivity contribution in [3.8, 4) is 5.75 Å². The first-order valence-electron chi connectivity index (χ1n) is 9.73. The highest BCUT2D eigenvalue weighted by atomic mass is 16.5. The molecular formula is C21H32N2O3. The van der Waals surface area contributed by atoms with E-state index in [0.717, 1.165) is 44.5 Å². The second-order valence-electron chi connectivity index (χ2n) is 7.44. The average molecular weight is 360 g/mol. The molecule has 1 aromatic carbocycles. The number of ether oxygens (including phenoxy) is 1. The third kappa shape index (κ3) is 6.70. The average Bonchev–Trinajstić information content (AvgIpc) is 2.61. The van der Waals surface area contributed by atoms with Gasteiger partial charge in [-0.25, -0.2) is 0 Å². The Labute approximate surface area is 157 Å². The normalized spacial score (nSPS) is 15.2. The monoisotopic (exact) mass is 360 g/mol. The lowest BCUT2D eigenvalue weighted by Gasteiger charge is -2.33. The molecular weight excluding hydrogens is 328 g/mol. The van der Waals surface area contributed by atoms with Crippen LogP contribution < -0.4 is 10.1 Å². The highest BCUT2D eigenvalue weighted by Gasteiger charge is 2.24. The Hall–Kier alpha value is -2.04. The van der Waals surface area contributed by atoms with E-state index in [0.29, 0.717) is 13.0 Å². The third-order valence-electron chi connectivity index (χ3n) is 4.72. The van der Waals surface area contributed by atoms with Gasteiger partial charge in [0.15, 0.2) is 0 Å². The number of benzene rings is 1. The summed E-state index contributed by atoms with van der Waals surface area (Å²) in [6.07, 6.45) is 3.91. The van der Waals surface area contributed by atoms with Crippen molar-refractivity contribution >= 4 is 11.8 Å². The van der Waals surface area contributed by atoms with Crippen molar-refractivity contribution in [1.82, 2.24) is 10.2 Å². The second kappa shape index (κ2) is 10.2. The van der Waals surface area contributed by atoms with Crippen LogP contribution in [0.5, 0.6) is 5.75 Å². The molecule has 0 aromatic heterocycles. The van der Waals surface area contributed by atoms with Crippen molar-refractivity contribution in [3.05, 3.63) is 29.8 Å². The van der Waals surface area contributed by atoms with E-state index in [-0.39, 0.29) is 23.8 Å². The summed E-state index contributed by atoms with van der Waals surface area (Å²) in [5.74, 6) is 1.25. The van der Waals surface area contributed by atoms with Crippen molar-refractivity contribution in [2.45, 2.75) is 58.9 Å². The Balaban J connectivity index is 1.56. The Morgan fingerprint density at radius 2 is 1.96 bits per heavy atom. The van der Waals surface area contributed by atoms with Crippen LogP contribution in [-0.4, -0.2) is 42.5 Å². The summed E-state index contributed by atoms with van der Waals surface area (Å²) in [7, 11) is 0. The van der Waals surface area contributed by atoms with Crippen molar-refractivity contribution in [3.63, 3.8) is 0 Å². The van der Waals surface area contributed by atoms with Crippen molar-refractivity contribution in [2.75, 3.05) is 19.7 Å². The molecule has 2 amide bonds. The van der Waals surface area contributed by atoms with Gasteiger partial charge in [0.2, 0.25) is 11.8 Å². The van der Waals surface area contributed by atoms with Gasteiger partial charge in [0, 0.05) is 31.5 Å². The third-order valence-corrected chi connectivity index (χ3v) is 4.72. The molecule has 0 saturated carbocycles. The van der Waals surface area contributed by atoms with E-state index in [4.69, 9.17) is 4.74 Å². The molecule has 0 spiro atoms. The largest absolute Gasteiger partial charge is 0.494 e. The number of aryl methyl sites for hydroxylation is 1. The predicted molar refractivity (Wildman–Crippen MR) is 103 cm³/mol. The van der Waals surface area contributed by atoms with Crippen LogP contribution in [0.4, 0.5) is 0 Å². The molecule has 5 heteroatoms. The van der Waals surface area contributed by atoms with Gasteiger partial charge in [-0.05, 0) is 50.3 Å². The zero-order valence-corrected chi connectivity index (χ0v) is 16.3. The minimum atomic E-state index is 0.0446. The van der Waals surface area contributed by atoms with Gasteiger partial charge in [-0.15, -0.1) is 0 Å². The maximum absolute atomic E-state index is 12.1. The maximum atomic E-state index is 12.1. The number of amides is 2. The van der Waals surface area contributed by atoms with Crippen LogP contribution in [0.2, 0.25) is 0 Å². The standard InChI is InChI=1S/C21H32N2O3/c1-16(2)21(25)23-12-10-18(11-13-23)22-20(24)9-4-5-14-26-19-8-6-7-17(3)15-19/h6-8,15-16,18H,4-5,9-14H2,1-3H3,(H,22,24). The van der Waals surface area contributed by atoms with Gasteiger partial charge in [0.25, 0.3) is 0 Å². The zero-order valence-electron chi connectivity index (χ0n) is 16.3. The minimum Gasteiger partial charge on any atom is -0.494 e. The number of unbranched alkanes of at least 4 members (excludes halogenated alkanes) is 1. The number of carbonyl (C=O) groups is 2. The molecule has 0 atom stereocenters. The van der Waals surface area contributed by atoms with E-state index in [9.17, 15) is 9.59 Å². The van der Waals surface area contributed by atoms with Crippen molar-refractivity contribution < 1.29 is 14.3 Å². The lowest BCUT2D eigenvalue weighted by atomic mass is 10.0. The fraction of sp³-hybridized carbons (Fsp3) is 0.619. The predicted octanol–water partition coefficient (Wildman–Crippen LogP) is 3.31. The lowest BCUT2D eigenvalue weighted by molar-refractivity contribution is -0.135. The number of likely N-dealkylation sites (tertiary alicyclic amines) is 1. The summed E-state index contributed by atoms with van der Waals surface area (Å²) >= 11 is 0. The zero-order chi connectivity index (χ0) is 18.9. The molecule has 1 fully saturated rings. The molecule has 1 saturated heterocycles. The summed E-state index contributed by atoms with van der Waals surface area (Å²) in [6, 6.07) is 8.19. The first kappa shape index (κ1) is 20.3. The number of piperidine rings is 1. The van der Waals surface area contributed by atoms with E-state index >= 15 is 0 Å². The van der Waals surface area contributed by atoms with Gasteiger partial charge in [-0.1, -0.05) is 26.0 Å². The summed E-state index contributed by atoms with van der Waals surface area (Å²) in [5.41, 5.74) is 1.18. The molecule has 26 heavy (non-hydrogen) atoms. The smallest absolute Gasteiger partial charge is 0.225 e. The van der Waals surface area contributed by atoms with Gasteiger partial charge in [-0.3, -0.25) is 9.59 Å². The van der Waals surface area contributed by atoms with Crippen LogP contribution in [0, 0.1) is 12.8 Å². The highest BCUT2D eigenvalue weighted by molar-refractivity contribution is 5.78. The first-order chi connectivity index (χ1) is 12.5. The van der Waals surface area contributed by atoms with E-state index in [1.807, 2.05) is 49.9 Å². The molecule has 0 bridgehead atoms. The SMILES string of the molecule is Cc1cccc(OCCCCC(=O)NC2CCN(C(=O)C(C)C)CC2)c1. The van der Waals surface area contributed by atoms with Crippen molar-refractivity contribution in [1.29, 1.82) is 0 Å². The summed E-state index contributed by atoms with van der Waals surface area (Å²) in [5, 5.41) is 3.11. The number of carbonyl (C=O) groups excluding carboxylic acids is 2. The number of rotatable bonds is 8. The first-order valence-corrected chi connectivity index (χ1v) is 9.73. The Bertz CT molecular complexity index is 593. The summed E-state index contributed by atoms with van der Waals surface area (Å²) in [4.78, 5) is 26.0. The highest BCUT2D eigenvalue weighted by Crippen LogP contribution is 2.14. The van der Waals surface area contributed by atoms with E-state index in [1.165, 1.54) is 5.56 Å². The summed E-state index contributed by atoms with van der Waals surface area (Å²) in [6.45, 7) is 8.02. The van der Waals surface area contributed by atoms with Gasteiger partial charge >= 0.3 is 0 Å². The quantitative estimate of drug-likeness (QED) is 0.724. The van der Waals surface area contributed by atoms with E-state index in [1.54, 1.807) is 0 Å². The van der Waals surface area contributed by atoms with Crippen LogP contribution in [-0.2, 0) is 9.59 Å². The van der Waals surface area contributed by atoms with E-state index < -0.39 is 0 Å². The maximum Gasteiger partial charge on any atom is 0.225 e. The van der Waals surface area contributed by atoms with Gasteiger partial charge in [0.1, 0.15) is 5.75 Å². The Kier molecular flexibility index (Phi) is 7.95. The molecule has 1 heterocycles. The van der Waals surface area contributed by atoms with Gasteiger partial charge in [0.05, 0.1) is 6.61 Å². The van der Waals surface area contributed by atoms with Crippen LogP contribution >= 0.6 is 0 Å². The number of hydrogen-bond acceptors (Lipinski definition) is 3. The Morgan fingerprint density at radius 1 is 1.23 bits per heavy atom. The van der Waals surface area contributed by atoms with Gasteiger partial charge in [-0.2, -0.15) is 0 Å². The molecule has 1 N–H and O–H groups in total. The van der Waals surface area contributed by atoms with Gasteiger partial charge < -0.3 is 15.0 Å². The lowest BCUT2D eigenvalue weighted by Crippen LogP contribution is -2.47. The fourth-order valence-electron chi connectivity index (χ4n) is 3.19. The minimum absolute atomic E-state index is 0.0446. The van der Waals surface area contributed by atoms with Crippen molar-refractivity contribution in [2.24, 2.45) is 5.92 Å². The van der Waals surface area contributed by atoms with Crippen LogP contribution in [0.1, 0.15) is 51.5 Å². The molecule has 1 aromatic rings. The topological polar surface area (TPSA) is 58.6 Å².